The van der Waals surface area contributed by atoms with E-state index in [9.17, 15) is 30.3 Å². The lowest BCUT2D eigenvalue weighted by Crippen LogP contribution is -2.51. The van der Waals surface area contributed by atoms with E-state index in [4.69, 9.17) is 10.5 Å². The first-order chi connectivity index (χ1) is 14.3. The lowest BCUT2D eigenvalue weighted by molar-refractivity contribution is -0.134. The van der Waals surface area contributed by atoms with Crippen LogP contribution in [0.2, 0.25) is 0 Å². The topological polar surface area (TPSA) is 166 Å². The fourth-order valence-corrected chi connectivity index (χ4v) is 2.99. The van der Waals surface area contributed by atoms with Gasteiger partial charge in [-0.1, -0.05) is 53.2 Å². The molecule has 8 N–H and O–H groups in total. The van der Waals surface area contributed by atoms with Crippen molar-refractivity contribution in [2.75, 3.05) is 6.61 Å². The minimum Gasteiger partial charge on any atom is -0.391 e. The number of nitrogens with one attached hydrogen (secondary N) is 1. The standard InChI is InChI=1S/C19H36N2O7.C3H8/c1-19(2,3)9-16(25)21-11(13(23)8-15(20)24)10-28-14-7-5-4-6-12(22)17(26)18(14)27;1-3-2/h4-5,11-15,17-18,22-24,26-27H,6-10,20H2,1-3H3,(H,21,25);3H2,1-2H3/b5-4-;. The molecule has 31 heavy (non-hydrogen) atoms. The van der Waals surface area contributed by atoms with E-state index in [0.29, 0.717) is 6.42 Å². The van der Waals surface area contributed by atoms with Crippen molar-refractivity contribution in [1.29, 1.82) is 0 Å². The van der Waals surface area contributed by atoms with Crippen molar-refractivity contribution >= 4 is 5.91 Å². The zero-order valence-electron chi connectivity index (χ0n) is 19.6. The monoisotopic (exact) mass is 448 g/mol. The summed E-state index contributed by atoms with van der Waals surface area (Å²) in [4.78, 5) is 12.3. The number of rotatable bonds is 8. The molecule has 1 aliphatic carbocycles. The molecule has 0 aromatic carbocycles. The summed E-state index contributed by atoms with van der Waals surface area (Å²) in [6.07, 6.45) is -1.83. The van der Waals surface area contributed by atoms with Gasteiger partial charge in [-0.05, 0) is 18.3 Å². The van der Waals surface area contributed by atoms with Crippen LogP contribution in [-0.4, -0.2) is 80.8 Å². The van der Waals surface area contributed by atoms with Crippen LogP contribution < -0.4 is 11.1 Å². The third-order valence-electron chi connectivity index (χ3n) is 4.51. The molecule has 7 unspecified atom stereocenters. The number of amides is 1. The summed E-state index contributed by atoms with van der Waals surface area (Å²) >= 11 is 0. The normalized spacial score (nSPS) is 28.2. The number of hydrogen-bond acceptors (Lipinski definition) is 8. The summed E-state index contributed by atoms with van der Waals surface area (Å²) in [5, 5.41) is 52.4. The maximum absolute atomic E-state index is 12.3. The zero-order valence-corrected chi connectivity index (χ0v) is 19.6. The van der Waals surface area contributed by atoms with Gasteiger partial charge in [0.05, 0.1) is 31.0 Å². The second-order valence-corrected chi connectivity index (χ2v) is 9.35. The van der Waals surface area contributed by atoms with Crippen LogP contribution in [0, 0.1) is 5.41 Å². The highest BCUT2D eigenvalue weighted by molar-refractivity contribution is 5.76. The predicted molar refractivity (Wildman–Crippen MR) is 119 cm³/mol. The number of aliphatic hydroxyl groups is 5. The van der Waals surface area contributed by atoms with Crippen molar-refractivity contribution in [2.24, 2.45) is 11.1 Å². The van der Waals surface area contributed by atoms with Crippen molar-refractivity contribution < 1.29 is 35.1 Å². The molecule has 0 fully saturated rings. The first-order valence-corrected chi connectivity index (χ1v) is 11.0. The van der Waals surface area contributed by atoms with Gasteiger partial charge in [-0.25, -0.2) is 0 Å². The Morgan fingerprint density at radius 3 is 2.19 bits per heavy atom. The molecule has 1 amide bonds. The highest BCUT2D eigenvalue weighted by Gasteiger charge is 2.34. The number of carbonyl (C=O) groups is 1. The molecule has 7 atom stereocenters. The quantitative estimate of drug-likeness (QED) is 0.204. The molecule has 0 radical (unpaired) electrons. The van der Waals surface area contributed by atoms with Crippen molar-refractivity contribution in [3.05, 3.63) is 12.2 Å². The number of ether oxygens (including phenoxy) is 1. The van der Waals surface area contributed by atoms with Gasteiger partial charge in [0.1, 0.15) is 18.4 Å². The second kappa shape index (κ2) is 14.9. The van der Waals surface area contributed by atoms with Crippen molar-refractivity contribution in [2.45, 2.75) is 110 Å². The summed E-state index contributed by atoms with van der Waals surface area (Å²) in [5.74, 6) is -0.291. The van der Waals surface area contributed by atoms with Gasteiger partial charge in [-0.2, -0.15) is 0 Å². The van der Waals surface area contributed by atoms with Crippen LogP contribution in [0.5, 0.6) is 0 Å². The van der Waals surface area contributed by atoms with Gasteiger partial charge in [0.2, 0.25) is 5.91 Å². The number of aliphatic hydroxyl groups excluding tert-OH is 5. The van der Waals surface area contributed by atoms with E-state index in [-0.39, 0.29) is 37.2 Å². The third-order valence-corrected chi connectivity index (χ3v) is 4.51. The molecular weight excluding hydrogens is 404 g/mol. The molecule has 0 aromatic rings. The van der Waals surface area contributed by atoms with E-state index in [2.05, 4.69) is 19.2 Å². The molecule has 0 heterocycles. The van der Waals surface area contributed by atoms with Crippen molar-refractivity contribution in [1.82, 2.24) is 5.32 Å². The minimum atomic E-state index is -1.38. The number of carbonyl (C=O) groups excluding carboxylic acids is 1. The van der Waals surface area contributed by atoms with Crippen molar-refractivity contribution in [3.8, 4) is 0 Å². The van der Waals surface area contributed by atoms with E-state index in [1.807, 2.05) is 20.8 Å². The average molecular weight is 449 g/mol. The van der Waals surface area contributed by atoms with Gasteiger partial charge in [0, 0.05) is 12.8 Å². The van der Waals surface area contributed by atoms with Gasteiger partial charge >= 0.3 is 0 Å². The van der Waals surface area contributed by atoms with Crippen LogP contribution in [0.15, 0.2) is 12.2 Å². The first kappa shape index (κ1) is 29.9. The minimum absolute atomic E-state index is 0.165. The molecule has 0 aliphatic heterocycles. The molecular formula is C22H44N2O7. The van der Waals surface area contributed by atoms with Crippen LogP contribution in [0.3, 0.4) is 0 Å². The van der Waals surface area contributed by atoms with Crippen molar-refractivity contribution in [3.63, 3.8) is 0 Å². The van der Waals surface area contributed by atoms with Gasteiger partial charge < -0.3 is 41.3 Å². The average Bonchev–Trinajstić information content (AvgIpc) is 2.62. The maximum Gasteiger partial charge on any atom is 0.220 e. The van der Waals surface area contributed by atoms with Gasteiger partial charge in [0.25, 0.3) is 0 Å². The van der Waals surface area contributed by atoms with E-state index in [1.165, 1.54) is 6.42 Å². The molecule has 0 aromatic heterocycles. The molecule has 9 nitrogen and oxygen atoms in total. The Kier molecular flexibility index (Phi) is 14.4. The van der Waals surface area contributed by atoms with Gasteiger partial charge in [0.15, 0.2) is 0 Å². The lowest BCUT2D eigenvalue weighted by atomic mass is 9.91. The van der Waals surface area contributed by atoms with E-state index < -0.39 is 42.8 Å². The Hall–Kier alpha value is -1.07. The van der Waals surface area contributed by atoms with Crippen LogP contribution in [0.1, 0.15) is 66.7 Å². The molecule has 1 aliphatic rings. The Morgan fingerprint density at radius 1 is 1.13 bits per heavy atom. The SMILES string of the molecule is CC(C)(C)CC(=O)NC(COC1C/C=C\CC(O)C(O)C1O)C(O)CC(N)O.CCC. The van der Waals surface area contributed by atoms with E-state index in [1.54, 1.807) is 12.2 Å². The first-order valence-electron chi connectivity index (χ1n) is 11.0. The Balaban J connectivity index is 0.00000282. The Morgan fingerprint density at radius 2 is 1.68 bits per heavy atom. The molecule has 184 valence electrons. The smallest absolute Gasteiger partial charge is 0.220 e. The maximum atomic E-state index is 12.3. The highest BCUT2D eigenvalue weighted by atomic mass is 16.5. The Labute approximate surface area is 186 Å². The van der Waals surface area contributed by atoms with Gasteiger partial charge in [-0.15, -0.1) is 0 Å². The number of nitrogens with two attached hydrogens (primary N) is 1. The largest absolute Gasteiger partial charge is 0.391 e. The summed E-state index contributed by atoms with van der Waals surface area (Å²) in [5.41, 5.74) is 5.07. The fraction of sp³-hybridized carbons (Fsp3) is 0.864. The van der Waals surface area contributed by atoms with Crippen LogP contribution in [0.4, 0.5) is 0 Å². The molecule has 1 rings (SSSR count). The number of hydrogen-bond donors (Lipinski definition) is 7. The molecule has 0 spiro atoms. The van der Waals surface area contributed by atoms with E-state index in [0.717, 1.165) is 0 Å². The van der Waals surface area contributed by atoms with E-state index >= 15 is 0 Å². The van der Waals surface area contributed by atoms with Crippen LogP contribution in [0.25, 0.3) is 0 Å². The summed E-state index contributed by atoms with van der Waals surface area (Å²) in [7, 11) is 0. The molecule has 0 saturated heterocycles. The van der Waals surface area contributed by atoms with Crippen LogP contribution in [-0.2, 0) is 9.53 Å². The predicted octanol–water partition coefficient (Wildman–Crippen LogP) is 0.170. The van der Waals surface area contributed by atoms with Crippen LogP contribution >= 0.6 is 0 Å². The molecule has 0 bridgehead atoms. The van der Waals surface area contributed by atoms with Gasteiger partial charge in [-0.3, -0.25) is 4.79 Å². The summed E-state index contributed by atoms with van der Waals surface area (Å²) < 4.78 is 5.68. The Bertz CT molecular complexity index is 522. The second-order valence-electron chi connectivity index (χ2n) is 9.35. The summed E-state index contributed by atoms with van der Waals surface area (Å²) in [6, 6.07) is -0.864. The fourth-order valence-electron chi connectivity index (χ4n) is 2.99. The summed E-state index contributed by atoms with van der Waals surface area (Å²) in [6.45, 7) is 9.80. The highest BCUT2D eigenvalue weighted by Crippen LogP contribution is 2.20. The third kappa shape index (κ3) is 13.2. The molecule has 0 saturated carbocycles. The zero-order chi connectivity index (χ0) is 24.2. The molecule has 9 heteroatoms. The lowest BCUT2D eigenvalue weighted by Gasteiger charge is -2.32.